The largest absolute Gasteiger partial charge is 0.271 e. The smallest absolute Gasteiger partial charge is 0.267 e. The summed E-state index contributed by atoms with van der Waals surface area (Å²) in [5.41, 5.74) is 5.06. The molecule has 0 heterocycles. The first-order chi connectivity index (χ1) is 9.70. The van der Waals surface area contributed by atoms with Gasteiger partial charge in [0, 0.05) is 10.0 Å². The van der Waals surface area contributed by atoms with Crippen molar-refractivity contribution in [1.29, 1.82) is 0 Å². The number of hydrazone groups is 1. The molecule has 0 radical (unpaired) electrons. The fourth-order valence-electron chi connectivity index (χ4n) is 1.76. The number of rotatable bonds is 4. The number of benzene rings is 2. The first kappa shape index (κ1) is 14.5. The Morgan fingerprint density at radius 3 is 2.30 bits per heavy atom. The van der Waals surface area contributed by atoms with Crippen molar-refractivity contribution < 1.29 is 4.79 Å². The molecule has 0 unspecified atom stereocenters. The van der Waals surface area contributed by atoms with Gasteiger partial charge in [0.15, 0.2) is 0 Å². The maximum Gasteiger partial charge on any atom is 0.271 e. The summed E-state index contributed by atoms with van der Waals surface area (Å²) in [4.78, 5) is 12.0. The number of nitrogens with one attached hydrogen (secondary N) is 1. The first-order valence-corrected chi connectivity index (χ1v) is 7.18. The van der Waals surface area contributed by atoms with E-state index < -0.39 is 0 Å². The van der Waals surface area contributed by atoms with Gasteiger partial charge in [-0.2, -0.15) is 5.10 Å². The predicted molar refractivity (Wildman–Crippen MR) is 84.9 cm³/mol. The van der Waals surface area contributed by atoms with E-state index in [4.69, 9.17) is 0 Å². The van der Waals surface area contributed by atoms with Crippen LogP contribution in [-0.2, 0) is 0 Å². The average molecular weight is 331 g/mol. The third kappa shape index (κ3) is 3.78. The van der Waals surface area contributed by atoms with E-state index in [1.165, 1.54) is 0 Å². The summed E-state index contributed by atoms with van der Waals surface area (Å²) in [7, 11) is 0. The molecule has 0 aliphatic rings. The van der Waals surface area contributed by atoms with Gasteiger partial charge >= 0.3 is 0 Å². The van der Waals surface area contributed by atoms with Gasteiger partial charge in [-0.3, -0.25) is 4.79 Å². The van der Waals surface area contributed by atoms with E-state index in [1.807, 2.05) is 49.4 Å². The number of hydrogen-bond acceptors (Lipinski definition) is 2. The van der Waals surface area contributed by atoms with Crippen LogP contribution in [-0.4, -0.2) is 11.6 Å². The zero-order valence-electron chi connectivity index (χ0n) is 11.1. The Labute approximate surface area is 126 Å². The Morgan fingerprint density at radius 1 is 1.05 bits per heavy atom. The molecule has 0 bridgehead atoms. The molecule has 0 aliphatic carbocycles. The molecule has 20 heavy (non-hydrogen) atoms. The Morgan fingerprint density at radius 2 is 1.70 bits per heavy atom. The molecule has 1 amide bonds. The van der Waals surface area contributed by atoms with Gasteiger partial charge in [0.25, 0.3) is 5.91 Å². The van der Waals surface area contributed by atoms with E-state index >= 15 is 0 Å². The zero-order valence-corrected chi connectivity index (χ0v) is 12.7. The van der Waals surface area contributed by atoms with Crippen LogP contribution in [0.25, 0.3) is 0 Å². The van der Waals surface area contributed by atoms with Crippen LogP contribution < -0.4 is 5.43 Å². The molecular weight excluding hydrogens is 316 g/mol. The monoisotopic (exact) mass is 330 g/mol. The fourth-order valence-corrected chi connectivity index (χ4v) is 2.03. The van der Waals surface area contributed by atoms with Gasteiger partial charge in [-0.05, 0) is 36.2 Å². The van der Waals surface area contributed by atoms with E-state index in [0.29, 0.717) is 5.56 Å². The fraction of sp³-hybridized carbons (Fsp3) is 0.125. The van der Waals surface area contributed by atoms with Crippen molar-refractivity contribution in [1.82, 2.24) is 5.43 Å². The van der Waals surface area contributed by atoms with Crippen molar-refractivity contribution in [3.8, 4) is 0 Å². The second-order valence-corrected chi connectivity index (χ2v) is 5.14. The highest BCUT2D eigenvalue weighted by Crippen LogP contribution is 2.10. The summed E-state index contributed by atoms with van der Waals surface area (Å²) < 4.78 is 0.941. The number of nitrogens with zero attached hydrogens (tertiary/aromatic N) is 1. The summed E-state index contributed by atoms with van der Waals surface area (Å²) in [5, 5.41) is 4.22. The van der Waals surface area contributed by atoms with Gasteiger partial charge in [0.1, 0.15) is 0 Å². The molecule has 3 nitrogen and oxygen atoms in total. The molecule has 0 saturated carbocycles. The lowest BCUT2D eigenvalue weighted by molar-refractivity contribution is 0.0955. The molecule has 0 atom stereocenters. The van der Waals surface area contributed by atoms with Crippen molar-refractivity contribution in [2.45, 2.75) is 13.3 Å². The van der Waals surface area contributed by atoms with E-state index in [-0.39, 0.29) is 5.91 Å². The van der Waals surface area contributed by atoms with Gasteiger partial charge in [0.05, 0.1) is 5.71 Å². The lowest BCUT2D eigenvalue weighted by Crippen LogP contribution is -2.19. The molecule has 0 spiro atoms. The quantitative estimate of drug-likeness (QED) is 0.668. The minimum absolute atomic E-state index is 0.209. The topological polar surface area (TPSA) is 41.5 Å². The normalized spacial score (nSPS) is 11.2. The van der Waals surface area contributed by atoms with Crippen molar-refractivity contribution in [3.05, 3.63) is 70.2 Å². The SMILES string of the molecule is CC/C(=N/NC(=O)c1ccc(Br)cc1)c1ccccc1. The standard InChI is InChI=1S/C16H15BrN2O/c1-2-15(12-6-4-3-5-7-12)18-19-16(20)13-8-10-14(17)11-9-13/h3-11H,2H2,1H3,(H,19,20)/b18-15-. The molecule has 102 valence electrons. The number of hydrogen-bond donors (Lipinski definition) is 1. The lowest BCUT2D eigenvalue weighted by atomic mass is 10.1. The Kier molecular flexibility index (Phi) is 5.07. The van der Waals surface area contributed by atoms with E-state index in [0.717, 1.165) is 22.2 Å². The molecule has 1 N–H and O–H groups in total. The zero-order chi connectivity index (χ0) is 14.4. The average Bonchev–Trinajstić information content (AvgIpc) is 2.49. The van der Waals surface area contributed by atoms with Crippen molar-refractivity contribution in [2.75, 3.05) is 0 Å². The highest BCUT2D eigenvalue weighted by molar-refractivity contribution is 9.10. The van der Waals surface area contributed by atoms with Gasteiger partial charge in [-0.15, -0.1) is 0 Å². The third-order valence-corrected chi connectivity index (χ3v) is 3.37. The summed E-state index contributed by atoms with van der Waals surface area (Å²) in [6.45, 7) is 2.01. The second-order valence-electron chi connectivity index (χ2n) is 4.23. The van der Waals surface area contributed by atoms with E-state index in [1.54, 1.807) is 12.1 Å². The van der Waals surface area contributed by atoms with Crippen molar-refractivity contribution in [3.63, 3.8) is 0 Å². The van der Waals surface area contributed by atoms with Gasteiger partial charge in [0.2, 0.25) is 0 Å². The number of amides is 1. The van der Waals surface area contributed by atoms with Crippen LogP contribution >= 0.6 is 15.9 Å². The molecule has 2 rings (SSSR count). The van der Waals surface area contributed by atoms with Crippen LogP contribution in [0, 0.1) is 0 Å². The maximum atomic E-state index is 12.0. The van der Waals surface area contributed by atoms with Crippen molar-refractivity contribution in [2.24, 2.45) is 5.10 Å². The van der Waals surface area contributed by atoms with Gasteiger partial charge < -0.3 is 0 Å². The molecular formula is C16H15BrN2O. The van der Waals surface area contributed by atoms with Crippen LogP contribution in [0.3, 0.4) is 0 Å². The Bertz CT molecular complexity index is 606. The highest BCUT2D eigenvalue weighted by Gasteiger charge is 2.05. The molecule has 2 aromatic carbocycles. The van der Waals surface area contributed by atoms with Crippen LogP contribution in [0.1, 0.15) is 29.3 Å². The van der Waals surface area contributed by atoms with Crippen LogP contribution in [0.5, 0.6) is 0 Å². The molecule has 0 saturated heterocycles. The Balaban J connectivity index is 2.11. The second kappa shape index (κ2) is 7.01. The molecule has 0 aliphatic heterocycles. The summed E-state index contributed by atoms with van der Waals surface area (Å²) in [5.74, 6) is -0.209. The van der Waals surface area contributed by atoms with Gasteiger partial charge in [-0.1, -0.05) is 53.2 Å². The minimum atomic E-state index is -0.209. The van der Waals surface area contributed by atoms with Crippen LogP contribution in [0.4, 0.5) is 0 Å². The lowest BCUT2D eigenvalue weighted by Gasteiger charge is -2.05. The molecule has 2 aromatic rings. The summed E-state index contributed by atoms with van der Waals surface area (Å²) in [6.07, 6.45) is 0.755. The number of carbonyl (C=O) groups is 1. The highest BCUT2D eigenvalue weighted by atomic mass is 79.9. The van der Waals surface area contributed by atoms with E-state index in [9.17, 15) is 4.79 Å². The maximum absolute atomic E-state index is 12.0. The van der Waals surface area contributed by atoms with Crippen LogP contribution in [0.15, 0.2) is 64.2 Å². The molecule has 4 heteroatoms. The van der Waals surface area contributed by atoms with Crippen molar-refractivity contribution >= 4 is 27.5 Å². The molecule has 0 fully saturated rings. The summed E-state index contributed by atoms with van der Waals surface area (Å²) >= 11 is 3.34. The van der Waals surface area contributed by atoms with Crippen LogP contribution in [0.2, 0.25) is 0 Å². The third-order valence-electron chi connectivity index (χ3n) is 2.84. The Hall–Kier alpha value is -1.94. The molecule has 0 aromatic heterocycles. The van der Waals surface area contributed by atoms with E-state index in [2.05, 4.69) is 26.5 Å². The number of carbonyl (C=O) groups excluding carboxylic acids is 1. The summed E-state index contributed by atoms with van der Waals surface area (Å²) in [6, 6.07) is 17.0. The number of halogens is 1. The minimum Gasteiger partial charge on any atom is -0.267 e. The van der Waals surface area contributed by atoms with Gasteiger partial charge in [-0.25, -0.2) is 5.43 Å². The predicted octanol–water partition coefficient (Wildman–Crippen LogP) is 3.99. The first-order valence-electron chi connectivity index (χ1n) is 6.38.